The molecule has 1 N–H and O–H groups in total. The van der Waals surface area contributed by atoms with Crippen molar-refractivity contribution in [3.05, 3.63) is 57.6 Å². The minimum Gasteiger partial charge on any atom is -0.434 e. The maximum absolute atomic E-state index is 12.9. The molecule has 0 aromatic heterocycles. The number of hydrogen-bond acceptors (Lipinski definition) is 5. The first-order chi connectivity index (χ1) is 14.7. The highest BCUT2D eigenvalue weighted by atomic mass is 35.5. The number of morpholine rings is 1. The number of ether oxygens (including phenoxy) is 2. The zero-order chi connectivity index (χ0) is 22.6. The van der Waals surface area contributed by atoms with Crippen LogP contribution in [0.15, 0.2) is 41.3 Å². The van der Waals surface area contributed by atoms with Crippen molar-refractivity contribution in [2.45, 2.75) is 18.1 Å². The number of halogens is 4. The molecule has 1 fully saturated rings. The molecule has 3 rings (SSSR count). The minimum atomic E-state index is -3.97. The topological polar surface area (TPSA) is 84.9 Å². The second kappa shape index (κ2) is 10.1. The molecule has 0 atom stereocenters. The zero-order valence-corrected chi connectivity index (χ0v) is 18.3. The Morgan fingerprint density at radius 3 is 2.52 bits per heavy atom. The first-order valence-corrected chi connectivity index (χ1v) is 11.3. The van der Waals surface area contributed by atoms with Gasteiger partial charge in [0.05, 0.1) is 28.8 Å². The first-order valence-electron chi connectivity index (χ1n) is 9.08. The minimum absolute atomic E-state index is 0.0551. The number of amides is 1. The molecular weight excluding hydrogens is 477 g/mol. The highest BCUT2D eigenvalue weighted by molar-refractivity contribution is 7.89. The summed E-state index contributed by atoms with van der Waals surface area (Å²) in [4.78, 5) is 12.4. The van der Waals surface area contributed by atoms with Gasteiger partial charge in [0.15, 0.2) is 0 Å². The second-order valence-corrected chi connectivity index (χ2v) is 9.17. The Morgan fingerprint density at radius 2 is 1.84 bits per heavy atom. The van der Waals surface area contributed by atoms with E-state index in [0.29, 0.717) is 5.56 Å². The normalized spacial score (nSPS) is 15.1. The van der Waals surface area contributed by atoms with Gasteiger partial charge in [-0.2, -0.15) is 13.1 Å². The Balaban J connectivity index is 1.83. The Morgan fingerprint density at radius 1 is 1.16 bits per heavy atom. The average Bonchev–Trinajstić information content (AvgIpc) is 2.73. The summed E-state index contributed by atoms with van der Waals surface area (Å²) in [6.45, 7) is -2.36. The molecule has 2 aromatic carbocycles. The lowest BCUT2D eigenvalue weighted by Gasteiger charge is -2.26. The summed E-state index contributed by atoms with van der Waals surface area (Å²) >= 11 is 12.2. The van der Waals surface area contributed by atoms with Gasteiger partial charge in [-0.15, -0.1) is 0 Å². The van der Waals surface area contributed by atoms with Crippen molar-refractivity contribution in [2.24, 2.45) is 0 Å². The maximum Gasteiger partial charge on any atom is 0.387 e. The molecule has 0 bridgehead atoms. The number of carbonyl (C=O) groups excluding carboxylic acids is 1. The first kappa shape index (κ1) is 23.7. The van der Waals surface area contributed by atoms with Gasteiger partial charge >= 0.3 is 6.61 Å². The quantitative estimate of drug-likeness (QED) is 0.636. The lowest BCUT2D eigenvalue weighted by Crippen LogP contribution is -2.40. The number of sulfonamides is 1. The Labute approximate surface area is 187 Å². The molecule has 12 heteroatoms. The number of nitrogens with zero attached hydrogens (tertiary/aromatic N) is 1. The summed E-state index contributed by atoms with van der Waals surface area (Å²) in [6, 6.07) is 8.25. The van der Waals surface area contributed by atoms with E-state index in [9.17, 15) is 22.0 Å². The van der Waals surface area contributed by atoms with Crippen LogP contribution in [0, 0.1) is 0 Å². The predicted molar refractivity (Wildman–Crippen MR) is 110 cm³/mol. The molecule has 0 spiro atoms. The van der Waals surface area contributed by atoms with E-state index < -0.39 is 22.5 Å². The number of nitrogens with one attached hydrogen (secondary N) is 1. The van der Waals surface area contributed by atoms with Gasteiger partial charge in [0.2, 0.25) is 10.0 Å². The molecular formula is C19H18Cl2F2N2O5S. The number of benzene rings is 2. The zero-order valence-electron chi connectivity index (χ0n) is 16.0. The molecule has 2 aromatic rings. The monoisotopic (exact) mass is 494 g/mol. The van der Waals surface area contributed by atoms with Crippen molar-refractivity contribution >= 4 is 39.1 Å². The predicted octanol–water partition coefficient (Wildman–Crippen LogP) is 3.55. The van der Waals surface area contributed by atoms with E-state index in [0.717, 1.165) is 6.07 Å². The van der Waals surface area contributed by atoms with E-state index in [1.807, 2.05) is 0 Å². The van der Waals surface area contributed by atoms with Gasteiger partial charge in [0.25, 0.3) is 5.91 Å². The van der Waals surface area contributed by atoms with Gasteiger partial charge in [-0.3, -0.25) is 4.79 Å². The Hall–Kier alpha value is -1.98. The van der Waals surface area contributed by atoms with Gasteiger partial charge in [-0.05, 0) is 18.2 Å². The number of carbonyl (C=O) groups is 1. The van der Waals surface area contributed by atoms with Crippen LogP contribution in [0.25, 0.3) is 0 Å². The molecule has 31 heavy (non-hydrogen) atoms. The summed E-state index contributed by atoms with van der Waals surface area (Å²) in [5.74, 6) is -0.789. The fraction of sp³-hybridized carbons (Fsp3) is 0.316. The molecule has 1 heterocycles. The molecule has 1 aliphatic heterocycles. The van der Waals surface area contributed by atoms with E-state index in [4.69, 9.17) is 27.9 Å². The molecule has 168 valence electrons. The van der Waals surface area contributed by atoms with Crippen LogP contribution >= 0.6 is 23.2 Å². The van der Waals surface area contributed by atoms with Gasteiger partial charge in [-0.1, -0.05) is 41.4 Å². The summed E-state index contributed by atoms with van der Waals surface area (Å²) in [5.41, 5.74) is 0.188. The van der Waals surface area contributed by atoms with Gasteiger partial charge in [-0.25, -0.2) is 8.42 Å². The second-order valence-electron chi connectivity index (χ2n) is 6.45. The number of rotatable bonds is 7. The Bertz CT molecular complexity index is 1060. The summed E-state index contributed by atoms with van der Waals surface area (Å²) in [6.07, 6.45) is 0. The highest BCUT2D eigenvalue weighted by Crippen LogP contribution is 2.31. The third-order valence-corrected chi connectivity index (χ3v) is 7.16. The standard InChI is InChI=1S/C19H18Cl2F2N2O5S/c20-14-10-15(21)17(31(27,28)25-5-7-29-8-6-25)9-13(14)18(26)24-11-12-3-1-2-4-16(12)30-19(22)23/h1-4,9-10,19H,5-8,11H2,(H,24,26). The van der Waals surface area contributed by atoms with E-state index in [1.165, 1.54) is 28.6 Å². The summed E-state index contributed by atoms with van der Waals surface area (Å²) in [5, 5.41) is 2.35. The van der Waals surface area contributed by atoms with E-state index >= 15 is 0 Å². The van der Waals surface area contributed by atoms with Crippen molar-refractivity contribution in [3.63, 3.8) is 0 Å². The van der Waals surface area contributed by atoms with Crippen LogP contribution in [-0.2, 0) is 21.3 Å². The van der Waals surface area contributed by atoms with Crippen LogP contribution in [0.4, 0.5) is 8.78 Å². The van der Waals surface area contributed by atoms with Crippen molar-refractivity contribution < 1.29 is 31.5 Å². The molecule has 1 aliphatic rings. The van der Waals surface area contributed by atoms with Crippen LogP contribution in [-0.4, -0.2) is 51.5 Å². The van der Waals surface area contributed by atoms with Gasteiger partial charge < -0.3 is 14.8 Å². The molecule has 7 nitrogen and oxygen atoms in total. The average molecular weight is 495 g/mol. The van der Waals surface area contributed by atoms with Crippen molar-refractivity contribution in [3.8, 4) is 5.75 Å². The third-order valence-electron chi connectivity index (χ3n) is 4.48. The van der Waals surface area contributed by atoms with Gasteiger partial charge in [0.1, 0.15) is 10.6 Å². The SMILES string of the molecule is O=C(NCc1ccccc1OC(F)F)c1cc(S(=O)(=O)N2CCOCC2)c(Cl)cc1Cl. The fourth-order valence-corrected chi connectivity index (χ4v) is 5.20. The fourth-order valence-electron chi connectivity index (χ4n) is 2.96. The number of para-hydroxylation sites is 1. The van der Waals surface area contributed by atoms with Crippen LogP contribution in [0.5, 0.6) is 5.75 Å². The molecule has 0 unspecified atom stereocenters. The molecule has 1 saturated heterocycles. The summed E-state index contributed by atoms with van der Waals surface area (Å²) < 4.78 is 61.8. The largest absolute Gasteiger partial charge is 0.434 e. The van der Waals surface area contributed by atoms with E-state index in [1.54, 1.807) is 6.07 Å². The molecule has 0 saturated carbocycles. The van der Waals surface area contributed by atoms with Crippen molar-refractivity contribution in [1.82, 2.24) is 9.62 Å². The Kier molecular flexibility index (Phi) is 7.71. The summed E-state index contributed by atoms with van der Waals surface area (Å²) in [7, 11) is -3.97. The lowest BCUT2D eigenvalue weighted by atomic mass is 10.1. The van der Waals surface area contributed by atoms with Crippen LogP contribution < -0.4 is 10.1 Å². The number of alkyl halides is 2. The molecule has 0 radical (unpaired) electrons. The van der Waals surface area contributed by atoms with Crippen LogP contribution in [0.2, 0.25) is 10.0 Å². The number of hydrogen-bond donors (Lipinski definition) is 1. The van der Waals surface area contributed by atoms with E-state index in [-0.39, 0.29) is 59.1 Å². The molecule has 1 amide bonds. The maximum atomic E-state index is 12.9. The van der Waals surface area contributed by atoms with Gasteiger partial charge in [0, 0.05) is 25.2 Å². The third kappa shape index (κ3) is 5.64. The highest BCUT2D eigenvalue weighted by Gasteiger charge is 2.30. The van der Waals surface area contributed by atoms with E-state index in [2.05, 4.69) is 10.1 Å². The van der Waals surface area contributed by atoms with Crippen molar-refractivity contribution in [1.29, 1.82) is 0 Å². The lowest BCUT2D eigenvalue weighted by molar-refractivity contribution is -0.0504. The van der Waals surface area contributed by atoms with Crippen LogP contribution in [0.1, 0.15) is 15.9 Å². The van der Waals surface area contributed by atoms with Crippen molar-refractivity contribution in [2.75, 3.05) is 26.3 Å². The molecule has 0 aliphatic carbocycles. The smallest absolute Gasteiger partial charge is 0.387 e. The van der Waals surface area contributed by atoms with Crippen LogP contribution in [0.3, 0.4) is 0 Å².